The number of nitrogens with zero attached hydrogens (tertiary/aromatic N) is 2. The van der Waals surface area contributed by atoms with Gasteiger partial charge in [0.15, 0.2) is 11.7 Å². The molecule has 0 atom stereocenters. The topological polar surface area (TPSA) is 137 Å². The average molecular weight is 429 g/mol. The molecule has 0 saturated carbocycles. The molecular formula is C20H24N6O3S. The predicted octanol–water partition coefficient (Wildman–Crippen LogP) is 1.84. The molecule has 0 unspecified atom stereocenters. The molecule has 3 aromatic rings. The third-order valence-electron chi connectivity index (χ3n) is 4.32. The first-order valence-electron chi connectivity index (χ1n) is 9.18. The predicted molar refractivity (Wildman–Crippen MR) is 117 cm³/mol. The van der Waals surface area contributed by atoms with Crippen molar-refractivity contribution in [2.45, 2.75) is 4.90 Å². The Labute approximate surface area is 175 Å². The fourth-order valence-electron chi connectivity index (χ4n) is 2.71. The second-order valence-corrected chi connectivity index (χ2v) is 8.50. The quantitative estimate of drug-likeness (QED) is 0.244. The highest BCUT2D eigenvalue weighted by molar-refractivity contribution is 7.89. The van der Waals surface area contributed by atoms with Gasteiger partial charge in [0, 0.05) is 44.0 Å². The number of guanidine groups is 1. The van der Waals surface area contributed by atoms with E-state index in [-0.39, 0.29) is 23.9 Å². The Morgan fingerprint density at radius 2 is 1.70 bits per heavy atom. The van der Waals surface area contributed by atoms with Crippen molar-refractivity contribution >= 4 is 21.7 Å². The summed E-state index contributed by atoms with van der Waals surface area (Å²) in [6.07, 6.45) is 1.65. The van der Waals surface area contributed by atoms with E-state index in [1.165, 1.54) is 12.1 Å². The molecule has 0 aliphatic heterocycles. The third kappa shape index (κ3) is 5.16. The third-order valence-corrected chi connectivity index (χ3v) is 5.79. The maximum atomic E-state index is 12.3. The molecule has 158 valence electrons. The van der Waals surface area contributed by atoms with Crippen LogP contribution in [0, 0.1) is 5.41 Å². The van der Waals surface area contributed by atoms with Crippen LogP contribution in [0.15, 0.2) is 64.0 Å². The molecule has 1 heterocycles. The number of nitrogens with two attached hydrogens (primary N) is 1. The number of aromatic nitrogens is 1. The van der Waals surface area contributed by atoms with Gasteiger partial charge in [0.1, 0.15) is 0 Å². The molecule has 30 heavy (non-hydrogen) atoms. The fraction of sp³-hybridized carbons (Fsp3) is 0.200. The number of sulfonamides is 1. The van der Waals surface area contributed by atoms with Crippen LogP contribution in [0.1, 0.15) is 0 Å². The van der Waals surface area contributed by atoms with Gasteiger partial charge >= 0.3 is 0 Å². The standard InChI is InChI=1S/C20H24N6O3S/c1-26(2)16-7-3-14(4-8-16)18-13-24-19(29-18)15-5-9-17(10-6-15)30(27,28)25-12-11-23-20(21)22/h3-10,13,25H,11-12H2,1-2H3,(H4,21,22,23). The van der Waals surface area contributed by atoms with Crippen LogP contribution in [-0.2, 0) is 10.0 Å². The summed E-state index contributed by atoms with van der Waals surface area (Å²) in [7, 11) is 0.290. The largest absolute Gasteiger partial charge is 0.436 e. The lowest BCUT2D eigenvalue weighted by atomic mass is 10.1. The Morgan fingerprint density at radius 1 is 1.07 bits per heavy atom. The molecule has 0 radical (unpaired) electrons. The fourth-order valence-corrected chi connectivity index (χ4v) is 3.74. The van der Waals surface area contributed by atoms with Gasteiger partial charge in [-0.25, -0.2) is 18.1 Å². The monoisotopic (exact) mass is 428 g/mol. The Kier molecular flexibility index (Phi) is 6.38. The van der Waals surface area contributed by atoms with Gasteiger partial charge in [0.25, 0.3) is 0 Å². The van der Waals surface area contributed by atoms with Crippen molar-refractivity contribution in [3.8, 4) is 22.8 Å². The van der Waals surface area contributed by atoms with Gasteiger partial charge in [-0.05, 0) is 48.5 Å². The summed E-state index contributed by atoms with van der Waals surface area (Å²) in [6, 6.07) is 14.2. The molecule has 1 aromatic heterocycles. The van der Waals surface area contributed by atoms with Gasteiger partial charge in [0.05, 0.1) is 11.1 Å². The first-order chi connectivity index (χ1) is 14.3. The van der Waals surface area contributed by atoms with Crippen molar-refractivity contribution in [2.24, 2.45) is 5.73 Å². The van der Waals surface area contributed by atoms with Gasteiger partial charge in [-0.3, -0.25) is 5.41 Å². The Balaban J connectivity index is 1.70. The minimum atomic E-state index is -3.66. The van der Waals surface area contributed by atoms with E-state index in [0.29, 0.717) is 17.2 Å². The van der Waals surface area contributed by atoms with Crippen LogP contribution in [0.4, 0.5) is 5.69 Å². The van der Waals surface area contributed by atoms with Gasteiger partial charge in [-0.15, -0.1) is 0 Å². The summed E-state index contributed by atoms with van der Waals surface area (Å²) >= 11 is 0. The van der Waals surface area contributed by atoms with E-state index in [4.69, 9.17) is 15.6 Å². The SMILES string of the molecule is CN(C)c1ccc(-c2cnc(-c3ccc(S(=O)(=O)NCCNC(=N)N)cc3)o2)cc1. The van der Waals surface area contributed by atoms with Gasteiger partial charge in [-0.1, -0.05) is 0 Å². The van der Waals surface area contributed by atoms with Crippen LogP contribution >= 0.6 is 0 Å². The van der Waals surface area contributed by atoms with Crippen molar-refractivity contribution < 1.29 is 12.8 Å². The van der Waals surface area contributed by atoms with Crippen molar-refractivity contribution in [1.29, 1.82) is 5.41 Å². The van der Waals surface area contributed by atoms with E-state index in [1.807, 2.05) is 43.3 Å². The molecule has 3 rings (SSSR count). The molecule has 0 fully saturated rings. The molecular weight excluding hydrogens is 404 g/mol. The Morgan fingerprint density at radius 3 is 2.30 bits per heavy atom. The highest BCUT2D eigenvalue weighted by atomic mass is 32.2. The minimum absolute atomic E-state index is 0.110. The zero-order chi connectivity index (χ0) is 21.7. The molecule has 0 saturated heterocycles. The van der Waals surface area contributed by atoms with Crippen molar-refractivity contribution in [3.63, 3.8) is 0 Å². The van der Waals surface area contributed by atoms with E-state index in [0.717, 1.165) is 11.3 Å². The van der Waals surface area contributed by atoms with Crippen LogP contribution in [0.5, 0.6) is 0 Å². The molecule has 10 heteroatoms. The van der Waals surface area contributed by atoms with Crippen molar-refractivity contribution in [2.75, 3.05) is 32.1 Å². The Hall–Kier alpha value is -3.37. The first kappa shape index (κ1) is 21.3. The second kappa shape index (κ2) is 8.97. The molecule has 2 aromatic carbocycles. The number of hydrogen-bond acceptors (Lipinski definition) is 6. The van der Waals surface area contributed by atoms with E-state index in [1.54, 1.807) is 18.3 Å². The maximum absolute atomic E-state index is 12.3. The van der Waals surface area contributed by atoms with Crippen molar-refractivity contribution in [1.82, 2.24) is 15.0 Å². The lowest BCUT2D eigenvalue weighted by Crippen LogP contribution is -2.37. The van der Waals surface area contributed by atoms with E-state index in [2.05, 4.69) is 15.0 Å². The van der Waals surface area contributed by atoms with Crippen LogP contribution in [0.2, 0.25) is 0 Å². The summed E-state index contributed by atoms with van der Waals surface area (Å²) in [6.45, 7) is 0.334. The average Bonchev–Trinajstić information content (AvgIpc) is 3.21. The van der Waals surface area contributed by atoms with Gasteiger partial charge < -0.3 is 20.4 Å². The molecule has 0 spiro atoms. The van der Waals surface area contributed by atoms with Crippen LogP contribution in [0.3, 0.4) is 0 Å². The van der Waals surface area contributed by atoms with E-state index >= 15 is 0 Å². The molecule has 0 aliphatic carbocycles. The van der Waals surface area contributed by atoms with Crippen LogP contribution in [0.25, 0.3) is 22.8 Å². The smallest absolute Gasteiger partial charge is 0.240 e. The lowest BCUT2D eigenvalue weighted by Gasteiger charge is -2.11. The molecule has 0 bridgehead atoms. The second-order valence-electron chi connectivity index (χ2n) is 6.73. The minimum Gasteiger partial charge on any atom is -0.436 e. The number of benzene rings is 2. The van der Waals surface area contributed by atoms with Crippen molar-refractivity contribution in [3.05, 3.63) is 54.7 Å². The molecule has 0 amide bonds. The number of rotatable bonds is 8. The zero-order valence-corrected chi connectivity index (χ0v) is 17.5. The molecule has 5 N–H and O–H groups in total. The van der Waals surface area contributed by atoms with Crippen LogP contribution < -0.4 is 20.7 Å². The summed E-state index contributed by atoms with van der Waals surface area (Å²) in [4.78, 5) is 6.45. The first-order valence-corrected chi connectivity index (χ1v) is 10.7. The molecule has 9 nitrogen and oxygen atoms in total. The number of nitrogens with one attached hydrogen (secondary N) is 3. The Bertz CT molecular complexity index is 1110. The summed E-state index contributed by atoms with van der Waals surface area (Å²) in [5.74, 6) is 0.827. The summed E-state index contributed by atoms with van der Waals surface area (Å²) in [5.41, 5.74) is 7.82. The van der Waals surface area contributed by atoms with E-state index < -0.39 is 10.0 Å². The number of anilines is 1. The number of hydrogen-bond donors (Lipinski definition) is 4. The highest BCUT2D eigenvalue weighted by Gasteiger charge is 2.15. The van der Waals surface area contributed by atoms with Gasteiger partial charge in [0.2, 0.25) is 15.9 Å². The normalized spacial score (nSPS) is 11.3. The molecule has 0 aliphatic rings. The van der Waals surface area contributed by atoms with E-state index in [9.17, 15) is 8.42 Å². The van der Waals surface area contributed by atoms with Gasteiger partial charge in [-0.2, -0.15) is 0 Å². The highest BCUT2D eigenvalue weighted by Crippen LogP contribution is 2.28. The summed E-state index contributed by atoms with van der Waals surface area (Å²) in [5, 5.41) is 9.59. The lowest BCUT2D eigenvalue weighted by molar-refractivity contribution is 0.580. The maximum Gasteiger partial charge on any atom is 0.240 e. The zero-order valence-electron chi connectivity index (χ0n) is 16.7. The summed E-state index contributed by atoms with van der Waals surface area (Å²) < 4.78 is 32.9. The van der Waals surface area contributed by atoms with Crippen LogP contribution in [-0.4, -0.2) is 46.5 Å². The number of oxazole rings is 1.